The quantitative estimate of drug-likeness (QED) is 0.876. The summed E-state index contributed by atoms with van der Waals surface area (Å²) >= 11 is 1.11. The number of carbonyl (C=O) groups excluding carboxylic acids is 1. The van der Waals surface area contributed by atoms with E-state index < -0.39 is 10.0 Å². The Balaban J connectivity index is 1.83. The summed E-state index contributed by atoms with van der Waals surface area (Å²) in [7, 11) is -3.90. The maximum Gasteiger partial charge on any atom is 0.265 e. The zero-order valence-corrected chi connectivity index (χ0v) is 15.9. The number of nitrogens with two attached hydrogens (primary N) is 1. The van der Waals surface area contributed by atoms with Gasteiger partial charge in [-0.3, -0.25) is 4.79 Å². The highest BCUT2D eigenvalue weighted by Gasteiger charge is 2.31. The molecule has 2 aromatic heterocycles. The van der Waals surface area contributed by atoms with Crippen LogP contribution in [0.2, 0.25) is 0 Å². The Kier molecular flexibility index (Phi) is 4.99. The summed E-state index contributed by atoms with van der Waals surface area (Å²) in [5.74, 6) is 0.852. The predicted octanol–water partition coefficient (Wildman–Crippen LogP) is 2.19. The van der Waals surface area contributed by atoms with E-state index in [1.54, 1.807) is 16.5 Å². The third kappa shape index (κ3) is 3.63. The van der Waals surface area contributed by atoms with Crippen molar-refractivity contribution in [2.75, 3.05) is 13.1 Å². The van der Waals surface area contributed by atoms with Crippen LogP contribution in [0.15, 0.2) is 28.7 Å². The number of hydrogen-bond donors (Lipinski definition) is 1. The number of piperidine rings is 1. The van der Waals surface area contributed by atoms with Crippen LogP contribution in [0.25, 0.3) is 0 Å². The molecule has 0 bridgehead atoms. The largest absolute Gasteiger partial charge is 0.337 e. The van der Waals surface area contributed by atoms with Gasteiger partial charge in [-0.15, -0.1) is 11.3 Å². The fourth-order valence-electron chi connectivity index (χ4n) is 3.27. The van der Waals surface area contributed by atoms with Crippen LogP contribution in [-0.4, -0.2) is 41.9 Å². The maximum atomic E-state index is 12.9. The number of primary sulfonamides is 1. The van der Waals surface area contributed by atoms with E-state index in [0.717, 1.165) is 30.0 Å². The second-order valence-corrected chi connectivity index (χ2v) is 8.98. The Bertz CT molecular complexity index is 870. The molecule has 3 rings (SSSR count). The molecule has 1 amide bonds. The van der Waals surface area contributed by atoms with Gasteiger partial charge in [-0.25, -0.2) is 18.5 Å². The van der Waals surface area contributed by atoms with E-state index in [1.807, 2.05) is 6.20 Å². The molecule has 1 fully saturated rings. The molecule has 2 N–H and O–H groups in total. The molecule has 0 aliphatic carbocycles. The monoisotopic (exact) mass is 382 g/mol. The molecule has 25 heavy (non-hydrogen) atoms. The second-order valence-electron chi connectivity index (χ2n) is 6.54. The number of nitrogens with zero attached hydrogens (tertiary/aromatic N) is 3. The summed E-state index contributed by atoms with van der Waals surface area (Å²) in [5, 5.41) is 6.81. The van der Waals surface area contributed by atoms with Crippen LogP contribution >= 0.6 is 11.3 Å². The molecule has 0 radical (unpaired) electrons. The molecule has 0 unspecified atom stereocenters. The number of hydrogen-bond acceptors (Lipinski definition) is 5. The average molecular weight is 383 g/mol. The van der Waals surface area contributed by atoms with Crippen LogP contribution in [0.1, 0.15) is 54.1 Å². The van der Waals surface area contributed by atoms with E-state index in [1.165, 1.54) is 6.07 Å². The second kappa shape index (κ2) is 6.89. The summed E-state index contributed by atoms with van der Waals surface area (Å²) in [6, 6.07) is 1.69. The average Bonchev–Trinajstić information content (AvgIpc) is 3.23. The van der Waals surface area contributed by atoms with Gasteiger partial charge in [-0.05, 0) is 38.1 Å². The van der Waals surface area contributed by atoms with E-state index in [-0.39, 0.29) is 21.6 Å². The molecule has 1 saturated heterocycles. The standard InChI is InChI=1S/C16H22N4O3S2/c1-11(2)20-8-6-18-15(20)12-4-3-7-19(10-12)16(21)14-13(5-9-24-14)25(17,22)23/h5-6,8-9,11-12H,3-4,7,10H2,1-2H3,(H2,17,22,23)/t12-/m0/s1. The molecule has 136 valence electrons. The first-order valence-electron chi connectivity index (χ1n) is 8.21. The van der Waals surface area contributed by atoms with Crippen LogP contribution in [0.4, 0.5) is 0 Å². The molecule has 1 aliphatic heterocycles. The summed E-state index contributed by atoms with van der Waals surface area (Å²) in [6.45, 7) is 5.34. The summed E-state index contributed by atoms with van der Waals surface area (Å²) < 4.78 is 25.5. The van der Waals surface area contributed by atoms with E-state index in [2.05, 4.69) is 23.4 Å². The number of carbonyl (C=O) groups is 1. The fourth-order valence-corrected chi connectivity index (χ4v) is 5.21. The number of rotatable bonds is 4. The summed E-state index contributed by atoms with van der Waals surface area (Å²) in [4.78, 5) is 19.2. The molecule has 3 heterocycles. The van der Waals surface area contributed by atoms with Crippen LogP contribution < -0.4 is 5.14 Å². The lowest BCUT2D eigenvalue weighted by Crippen LogP contribution is -2.40. The Hall–Kier alpha value is -1.71. The fraction of sp³-hybridized carbons (Fsp3) is 0.500. The Morgan fingerprint density at radius 1 is 1.44 bits per heavy atom. The Labute approximate surface area is 151 Å². The lowest BCUT2D eigenvalue weighted by Gasteiger charge is -2.33. The van der Waals surface area contributed by atoms with Gasteiger partial charge in [-0.1, -0.05) is 0 Å². The number of thiophene rings is 1. The van der Waals surface area contributed by atoms with Crippen molar-refractivity contribution in [1.82, 2.24) is 14.5 Å². The molecule has 1 atom stereocenters. The van der Waals surface area contributed by atoms with Gasteiger partial charge in [-0.2, -0.15) is 0 Å². The van der Waals surface area contributed by atoms with Gasteiger partial charge < -0.3 is 9.47 Å². The van der Waals surface area contributed by atoms with Crippen molar-refractivity contribution in [3.05, 3.63) is 34.5 Å². The first-order valence-corrected chi connectivity index (χ1v) is 10.6. The minimum absolute atomic E-state index is 0.0895. The van der Waals surface area contributed by atoms with Crippen LogP contribution in [0.3, 0.4) is 0 Å². The Morgan fingerprint density at radius 2 is 2.20 bits per heavy atom. The van der Waals surface area contributed by atoms with E-state index in [0.29, 0.717) is 19.1 Å². The molecule has 0 spiro atoms. The highest BCUT2D eigenvalue weighted by atomic mass is 32.2. The van der Waals surface area contributed by atoms with Crippen LogP contribution in [-0.2, 0) is 10.0 Å². The first-order chi connectivity index (χ1) is 11.8. The number of aromatic nitrogens is 2. The third-order valence-corrected chi connectivity index (χ3v) is 6.44. The van der Waals surface area contributed by atoms with Gasteiger partial charge in [0.2, 0.25) is 10.0 Å². The smallest absolute Gasteiger partial charge is 0.265 e. The zero-order chi connectivity index (χ0) is 18.2. The Morgan fingerprint density at radius 3 is 2.88 bits per heavy atom. The van der Waals surface area contributed by atoms with E-state index in [9.17, 15) is 13.2 Å². The lowest BCUT2D eigenvalue weighted by molar-refractivity contribution is 0.0704. The number of likely N-dealkylation sites (tertiary alicyclic amines) is 1. The van der Waals surface area contributed by atoms with Gasteiger partial charge in [0.25, 0.3) is 5.91 Å². The topological polar surface area (TPSA) is 98.3 Å². The molecule has 0 saturated carbocycles. The molecule has 0 aromatic carbocycles. The van der Waals surface area contributed by atoms with Crippen molar-refractivity contribution in [2.45, 2.75) is 43.5 Å². The van der Waals surface area contributed by atoms with Gasteiger partial charge in [0.05, 0.1) is 0 Å². The minimum Gasteiger partial charge on any atom is -0.337 e. The number of amides is 1. The van der Waals surface area contributed by atoms with E-state index >= 15 is 0 Å². The van der Waals surface area contributed by atoms with Crippen molar-refractivity contribution in [3.63, 3.8) is 0 Å². The molecule has 7 nitrogen and oxygen atoms in total. The normalized spacial score (nSPS) is 18.7. The summed E-state index contributed by atoms with van der Waals surface area (Å²) in [5.41, 5.74) is 0. The minimum atomic E-state index is -3.90. The van der Waals surface area contributed by atoms with Crippen LogP contribution in [0.5, 0.6) is 0 Å². The maximum absolute atomic E-state index is 12.9. The van der Waals surface area contributed by atoms with Crippen molar-refractivity contribution in [2.24, 2.45) is 5.14 Å². The highest BCUT2D eigenvalue weighted by Crippen LogP contribution is 2.30. The SMILES string of the molecule is CC(C)n1ccnc1[C@H]1CCCN(C(=O)c2sccc2S(N)(=O)=O)C1. The number of imidazole rings is 1. The number of sulfonamides is 1. The van der Waals surface area contributed by atoms with Crippen molar-refractivity contribution < 1.29 is 13.2 Å². The van der Waals surface area contributed by atoms with Gasteiger partial charge in [0.15, 0.2) is 0 Å². The molecule has 9 heteroatoms. The van der Waals surface area contributed by atoms with Gasteiger partial charge in [0, 0.05) is 37.4 Å². The third-order valence-electron chi connectivity index (χ3n) is 4.46. The predicted molar refractivity (Wildman–Crippen MR) is 96.2 cm³/mol. The highest BCUT2D eigenvalue weighted by molar-refractivity contribution is 7.89. The summed E-state index contributed by atoms with van der Waals surface area (Å²) in [6.07, 6.45) is 5.56. The van der Waals surface area contributed by atoms with E-state index in [4.69, 9.17) is 5.14 Å². The van der Waals surface area contributed by atoms with Gasteiger partial charge >= 0.3 is 0 Å². The molecule has 2 aromatic rings. The van der Waals surface area contributed by atoms with Crippen molar-refractivity contribution >= 4 is 27.3 Å². The lowest BCUT2D eigenvalue weighted by atomic mass is 9.96. The van der Waals surface area contributed by atoms with Gasteiger partial charge in [0.1, 0.15) is 15.6 Å². The first kappa shape index (κ1) is 18.1. The molecular weight excluding hydrogens is 360 g/mol. The molecule has 1 aliphatic rings. The van der Waals surface area contributed by atoms with Crippen molar-refractivity contribution in [1.29, 1.82) is 0 Å². The zero-order valence-electron chi connectivity index (χ0n) is 14.3. The molecular formula is C16H22N4O3S2. The van der Waals surface area contributed by atoms with Crippen molar-refractivity contribution in [3.8, 4) is 0 Å². The van der Waals surface area contributed by atoms with Crippen LogP contribution in [0, 0.1) is 0 Å².